The molecule has 0 fully saturated rings. The Hall–Kier alpha value is -1.29. The number of aliphatic carboxylic acids is 1. The van der Waals surface area contributed by atoms with E-state index in [1.165, 1.54) is 0 Å². The van der Waals surface area contributed by atoms with Gasteiger partial charge < -0.3 is 14.9 Å². The molecule has 0 amide bonds. The third kappa shape index (κ3) is 1.67. The highest BCUT2D eigenvalue weighted by Gasteiger charge is 2.24. The minimum atomic E-state index is -0.975. The Bertz CT molecular complexity index is 603. The fraction of sp³-hybridized carbons (Fsp3) is 0.308. The molecule has 88 valence electrons. The molecular weight excluding hydrogens is 282 g/mol. The number of hydrogen-bond donors (Lipinski definition) is 1. The fourth-order valence-corrected chi connectivity index (χ4v) is 3.03. The zero-order chi connectivity index (χ0) is 12.0. The van der Waals surface area contributed by atoms with Gasteiger partial charge in [-0.2, -0.15) is 0 Å². The molecule has 1 aliphatic carbocycles. The normalized spacial score (nSPS) is 19.2. The second-order valence-corrected chi connectivity index (χ2v) is 5.39. The zero-order valence-electron chi connectivity index (χ0n) is 9.13. The van der Waals surface area contributed by atoms with Gasteiger partial charge in [-0.05, 0) is 43.0 Å². The summed E-state index contributed by atoms with van der Waals surface area (Å²) in [5.74, 6) is -1.46. The van der Waals surface area contributed by atoms with Crippen molar-refractivity contribution >= 4 is 32.8 Å². The van der Waals surface area contributed by atoms with E-state index in [1.807, 2.05) is 18.2 Å². The zero-order valence-corrected chi connectivity index (χ0v) is 10.7. The first-order valence-corrected chi connectivity index (χ1v) is 6.47. The number of H-pyrrole nitrogens is 1. The number of aromatic amines is 1. The highest BCUT2D eigenvalue weighted by molar-refractivity contribution is 9.10. The van der Waals surface area contributed by atoms with Crippen LogP contribution in [0.1, 0.15) is 30.0 Å². The maximum atomic E-state index is 11.1. The number of carbonyl (C=O) groups excluding carboxylic acids is 1. The number of hydrogen-bond acceptors (Lipinski definition) is 2. The van der Waals surface area contributed by atoms with Crippen LogP contribution in [0.3, 0.4) is 0 Å². The Labute approximate surface area is 107 Å². The Kier molecular flexibility index (Phi) is 2.47. The van der Waals surface area contributed by atoms with Crippen molar-refractivity contribution in [3.8, 4) is 0 Å². The van der Waals surface area contributed by atoms with Gasteiger partial charge in [0.05, 0.1) is 5.97 Å². The number of aromatic nitrogens is 1. The molecule has 0 saturated heterocycles. The Morgan fingerprint density at radius 2 is 2.29 bits per heavy atom. The largest absolute Gasteiger partial charge is 0.549 e. The average molecular weight is 293 g/mol. The van der Waals surface area contributed by atoms with Crippen molar-refractivity contribution in [2.24, 2.45) is 0 Å². The molecule has 3 rings (SSSR count). The number of carbonyl (C=O) groups is 1. The molecule has 17 heavy (non-hydrogen) atoms. The SMILES string of the molecule is O=C([O-])[C@H]1CCCc2c1[nH]c1ccc(Br)cc21. The van der Waals surface area contributed by atoms with Crippen LogP contribution >= 0.6 is 15.9 Å². The van der Waals surface area contributed by atoms with Crippen LogP contribution in [0.25, 0.3) is 10.9 Å². The minimum Gasteiger partial charge on any atom is -0.549 e. The molecule has 0 saturated carbocycles. The van der Waals surface area contributed by atoms with Crippen LogP contribution in [0.4, 0.5) is 0 Å². The number of carboxylic acid groups (broad SMARTS) is 1. The molecule has 0 radical (unpaired) electrons. The summed E-state index contributed by atoms with van der Waals surface area (Å²) in [7, 11) is 0. The maximum absolute atomic E-state index is 11.1. The molecular formula is C13H11BrNO2-. The van der Waals surface area contributed by atoms with E-state index >= 15 is 0 Å². The van der Waals surface area contributed by atoms with Crippen LogP contribution in [-0.2, 0) is 11.2 Å². The van der Waals surface area contributed by atoms with Crippen LogP contribution in [0, 0.1) is 0 Å². The first kappa shape index (κ1) is 10.8. The van der Waals surface area contributed by atoms with E-state index in [4.69, 9.17) is 0 Å². The van der Waals surface area contributed by atoms with Crippen LogP contribution < -0.4 is 5.11 Å². The third-order valence-electron chi connectivity index (χ3n) is 3.45. The lowest BCUT2D eigenvalue weighted by Gasteiger charge is -2.23. The van der Waals surface area contributed by atoms with E-state index in [1.54, 1.807) is 0 Å². The van der Waals surface area contributed by atoms with E-state index in [9.17, 15) is 9.90 Å². The van der Waals surface area contributed by atoms with Gasteiger partial charge in [0, 0.05) is 27.0 Å². The first-order valence-electron chi connectivity index (χ1n) is 5.67. The van der Waals surface area contributed by atoms with Crippen LogP contribution in [0.2, 0.25) is 0 Å². The van der Waals surface area contributed by atoms with E-state index in [-0.39, 0.29) is 0 Å². The van der Waals surface area contributed by atoms with E-state index in [0.29, 0.717) is 6.42 Å². The van der Waals surface area contributed by atoms with Crippen molar-refractivity contribution in [1.29, 1.82) is 0 Å². The summed E-state index contributed by atoms with van der Waals surface area (Å²) < 4.78 is 1.02. The molecule has 2 aromatic rings. The summed E-state index contributed by atoms with van der Waals surface area (Å²) in [5.41, 5.74) is 2.98. The molecule has 1 aromatic carbocycles. The Balaban J connectivity index is 2.25. The number of benzene rings is 1. The summed E-state index contributed by atoms with van der Waals surface area (Å²) in [6.45, 7) is 0. The Morgan fingerprint density at radius 1 is 1.47 bits per heavy atom. The van der Waals surface area contributed by atoms with Gasteiger partial charge in [0.25, 0.3) is 0 Å². The van der Waals surface area contributed by atoms with Crippen LogP contribution in [-0.4, -0.2) is 11.0 Å². The van der Waals surface area contributed by atoms with Gasteiger partial charge in [0.15, 0.2) is 0 Å². The number of halogens is 1. The molecule has 1 atom stereocenters. The minimum absolute atomic E-state index is 0.482. The summed E-state index contributed by atoms with van der Waals surface area (Å²) in [6, 6.07) is 5.98. The van der Waals surface area contributed by atoms with Gasteiger partial charge in [-0.15, -0.1) is 0 Å². The number of nitrogens with one attached hydrogen (secondary N) is 1. The smallest absolute Gasteiger partial charge is 0.0504 e. The lowest BCUT2D eigenvalue weighted by molar-refractivity contribution is -0.308. The monoisotopic (exact) mass is 292 g/mol. The lowest BCUT2D eigenvalue weighted by atomic mass is 9.87. The Morgan fingerprint density at radius 3 is 3.06 bits per heavy atom. The molecule has 0 bridgehead atoms. The number of rotatable bonds is 1. The van der Waals surface area contributed by atoms with Gasteiger partial charge in [0.1, 0.15) is 0 Å². The lowest BCUT2D eigenvalue weighted by Crippen LogP contribution is -2.31. The summed E-state index contributed by atoms with van der Waals surface area (Å²) >= 11 is 3.45. The molecule has 0 spiro atoms. The molecule has 1 N–H and O–H groups in total. The van der Waals surface area contributed by atoms with Gasteiger partial charge in [-0.25, -0.2) is 0 Å². The first-order chi connectivity index (χ1) is 8.16. The second kappa shape index (κ2) is 3.88. The number of carboxylic acids is 1. The predicted molar refractivity (Wildman–Crippen MR) is 66.7 cm³/mol. The molecule has 1 heterocycles. The standard InChI is InChI=1S/C13H12BrNO2/c14-7-4-5-11-10(6-7)8-2-1-3-9(13(16)17)12(8)15-11/h4-6,9,15H,1-3H2,(H,16,17)/p-1/t9-/m0/s1. The highest BCUT2D eigenvalue weighted by Crippen LogP contribution is 2.36. The summed E-state index contributed by atoms with van der Waals surface area (Å²) in [6.07, 6.45) is 2.52. The quantitative estimate of drug-likeness (QED) is 0.875. The van der Waals surface area contributed by atoms with Gasteiger partial charge in [0.2, 0.25) is 0 Å². The summed E-state index contributed by atoms with van der Waals surface area (Å²) in [5, 5.41) is 12.2. The topological polar surface area (TPSA) is 55.9 Å². The number of aryl methyl sites for hydroxylation is 1. The van der Waals surface area contributed by atoms with Crippen molar-refractivity contribution in [2.75, 3.05) is 0 Å². The van der Waals surface area contributed by atoms with Gasteiger partial charge in [-0.1, -0.05) is 15.9 Å². The third-order valence-corrected chi connectivity index (χ3v) is 3.95. The molecule has 0 aliphatic heterocycles. The maximum Gasteiger partial charge on any atom is 0.0504 e. The molecule has 0 unspecified atom stereocenters. The van der Waals surface area contributed by atoms with E-state index in [2.05, 4.69) is 20.9 Å². The van der Waals surface area contributed by atoms with E-state index in [0.717, 1.165) is 39.5 Å². The number of fused-ring (bicyclic) bond motifs is 3. The molecule has 1 aliphatic rings. The van der Waals surface area contributed by atoms with Crippen molar-refractivity contribution in [1.82, 2.24) is 4.98 Å². The van der Waals surface area contributed by atoms with Crippen LogP contribution in [0.15, 0.2) is 22.7 Å². The second-order valence-electron chi connectivity index (χ2n) is 4.47. The van der Waals surface area contributed by atoms with Gasteiger partial charge in [-0.3, -0.25) is 0 Å². The van der Waals surface area contributed by atoms with E-state index < -0.39 is 11.9 Å². The van der Waals surface area contributed by atoms with Crippen molar-refractivity contribution in [3.63, 3.8) is 0 Å². The van der Waals surface area contributed by atoms with Crippen molar-refractivity contribution < 1.29 is 9.90 Å². The van der Waals surface area contributed by atoms with Gasteiger partial charge >= 0.3 is 0 Å². The molecule has 1 aromatic heterocycles. The van der Waals surface area contributed by atoms with Crippen LogP contribution in [0.5, 0.6) is 0 Å². The highest BCUT2D eigenvalue weighted by atomic mass is 79.9. The molecule has 3 nitrogen and oxygen atoms in total. The predicted octanol–water partition coefficient (Wildman–Crippen LogP) is 2.10. The average Bonchev–Trinajstić information content (AvgIpc) is 2.66. The summed E-state index contributed by atoms with van der Waals surface area (Å²) in [4.78, 5) is 14.4. The molecule has 4 heteroatoms. The fourth-order valence-electron chi connectivity index (χ4n) is 2.67. The van der Waals surface area contributed by atoms with Crippen molar-refractivity contribution in [3.05, 3.63) is 33.9 Å². The van der Waals surface area contributed by atoms with Crippen molar-refractivity contribution in [2.45, 2.75) is 25.2 Å².